The second kappa shape index (κ2) is 6.76. The molecule has 2 N–H and O–H groups in total. The van der Waals surface area contributed by atoms with Crippen LogP contribution in [0.2, 0.25) is 0 Å². The normalized spacial score (nSPS) is 14.7. The Morgan fingerprint density at radius 2 is 1.84 bits per heavy atom. The fourth-order valence-corrected chi connectivity index (χ4v) is 2.73. The number of carbonyl (C=O) groups is 2. The Hall–Kier alpha value is -3.16. The number of amides is 2. The zero-order chi connectivity index (χ0) is 18.0. The van der Waals surface area contributed by atoms with E-state index >= 15 is 0 Å². The monoisotopic (exact) mass is 342 g/mol. The maximum Gasteiger partial charge on any atom is 0.325 e. The van der Waals surface area contributed by atoms with E-state index in [2.05, 4.69) is 9.97 Å². The van der Waals surface area contributed by atoms with Crippen molar-refractivity contribution in [1.29, 1.82) is 0 Å². The van der Waals surface area contributed by atoms with Crippen LogP contribution in [0, 0.1) is 6.92 Å². The van der Waals surface area contributed by atoms with Crippen LogP contribution in [-0.4, -0.2) is 46.3 Å². The lowest BCUT2D eigenvalue weighted by Crippen LogP contribution is -2.53. The molecule has 1 saturated heterocycles. The number of hydrogen-bond donors (Lipinski definition) is 2. The van der Waals surface area contributed by atoms with Crippen LogP contribution in [0.25, 0.3) is 0 Å². The number of aryl methyl sites for hydroxylation is 1. The smallest absolute Gasteiger partial charge is 0.325 e. The lowest BCUT2D eigenvalue weighted by Gasteiger charge is -2.34. The molecule has 1 aromatic carbocycles. The molecule has 0 aliphatic carbocycles. The Morgan fingerprint density at radius 3 is 2.48 bits per heavy atom. The minimum Gasteiger partial charge on any atom is -0.331 e. The van der Waals surface area contributed by atoms with Crippen molar-refractivity contribution in [3.05, 3.63) is 62.4 Å². The van der Waals surface area contributed by atoms with Crippen molar-refractivity contribution in [3.63, 3.8) is 0 Å². The molecule has 0 atom stereocenters. The average Bonchev–Trinajstić information content (AvgIpc) is 2.58. The van der Waals surface area contributed by atoms with Crippen molar-refractivity contribution in [2.24, 2.45) is 0 Å². The standard InChI is InChI=1S/C17H18N4O4/c1-11-2-4-13(5-3-11)21-7-6-20(10-15(21)23)14(22)8-12-9-18-17(25)19-16(12)24/h2-5,9H,6-8,10H2,1H3,(H2,18,19,24,25). The average molecular weight is 342 g/mol. The highest BCUT2D eigenvalue weighted by Gasteiger charge is 2.28. The van der Waals surface area contributed by atoms with Crippen LogP contribution in [0.5, 0.6) is 0 Å². The summed E-state index contributed by atoms with van der Waals surface area (Å²) in [6, 6.07) is 7.63. The first-order valence-electron chi connectivity index (χ1n) is 7.90. The molecular formula is C17H18N4O4. The Labute approximate surface area is 143 Å². The molecule has 8 nitrogen and oxygen atoms in total. The molecule has 2 aromatic rings. The molecule has 8 heteroatoms. The van der Waals surface area contributed by atoms with Gasteiger partial charge in [-0.05, 0) is 19.1 Å². The minimum atomic E-state index is -0.622. The van der Waals surface area contributed by atoms with Crippen LogP contribution < -0.4 is 16.1 Å². The first-order chi connectivity index (χ1) is 11.9. The zero-order valence-corrected chi connectivity index (χ0v) is 13.7. The van der Waals surface area contributed by atoms with Crippen LogP contribution in [0.15, 0.2) is 40.1 Å². The van der Waals surface area contributed by atoms with E-state index in [-0.39, 0.29) is 30.3 Å². The highest BCUT2D eigenvalue weighted by molar-refractivity contribution is 5.98. The van der Waals surface area contributed by atoms with Gasteiger partial charge in [0.15, 0.2) is 0 Å². The zero-order valence-electron chi connectivity index (χ0n) is 13.7. The number of benzene rings is 1. The molecule has 3 rings (SSSR count). The molecule has 0 radical (unpaired) electrons. The number of piperazine rings is 1. The van der Waals surface area contributed by atoms with Crippen molar-refractivity contribution >= 4 is 17.5 Å². The number of aromatic amines is 2. The summed E-state index contributed by atoms with van der Waals surface area (Å²) < 4.78 is 0. The van der Waals surface area contributed by atoms with Crippen LogP contribution >= 0.6 is 0 Å². The molecule has 130 valence electrons. The Balaban J connectivity index is 1.67. The summed E-state index contributed by atoms with van der Waals surface area (Å²) in [7, 11) is 0. The molecular weight excluding hydrogens is 324 g/mol. The van der Waals surface area contributed by atoms with Gasteiger partial charge in [-0.2, -0.15) is 0 Å². The fraction of sp³-hybridized carbons (Fsp3) is 0.294. The number of nitrogens with zero attached hydrogens (tertiary/aromatic N) is 2. The maximum atomic E-state index is 12.4. The molecule has 0 saturated carbocycles. The van der Waals surface area contributed by atoms with Crippen LogP contribution in [0.4, 0.5) is 5.69 Å². The highest BCUT2D eigenvalue weighted by Crippen LogP contribution is 2.18. The predicted octanol–water partition coefficient (Wildman–Crippen LogP) is -0.210. The summed E-state index contributed by atoms with van der Waals surface area (Å²) in [6.45, 7) is 2.73. The Morgan fingerprint density at radius 1 is 1.12 bits per heavy atom. The second-order valence-corrected chi connectivity index (χ2v) is 5.97. The Bertz CT molecular complexity index is 913. The van der Waals surface area contributed by atoms with E-state index in [0.717, 1.165) is 11.3 Å². The van der Waals surface area contributed by atoms with Gasteiger partial charge in [-0.1, -0.05) is 17.7 Å². The van der Waals surface area contributed by atoms with Crippen molar-refractivity contribution in [3.8, 4) is 0 Å². The number of anilines is 1. The van der Waals surface area contributed by atoms with Gasteiger partial charge in [0.05, 0.1) is 6.42 Å². The molecule has 1 aromatic heterocycles. The van der Waals surface area contributed by atoms with Gasteiger partial charge in [-0.15, -0.1) is 0 Å². The third-order valence-corrected chi connectivity index (χ3v) is 4.16. The molecule has 1 aliphatic rings. The lowest BCUT2D eigenvalue weighted by atomic mass is 10.1. The second-order valence-electron chi connectivity index (χ2n) is 5.97. The summed E-state index contributed by atoms with van der Waals surface area (Å²) in [6.07, 6.45) is 1.06. The molecule has 0 unspecified atom stereocenters. The molecule has 1 aliphatic heterocycles. The van der Waals surface area contributed by atoms with Gasteiger partial charge >= 0.3 is 5.69 Å². The van der Waals surface area contributed by atoms with Crippen molar-refractivity contribution in [2.75, 3.05) is 24.5 Å². The first-order valence-corrected chi connectivity index (χ1v) is 7.90. The third-order valence-electron chi connectivity index (χ3n) is 4.16. The maximum absolute atomic E-state index is 12.4. The van der Waals surface area contributed by atoms with Gasteiger partial charge in [-0.3, -0.25) is 19.4 Å². The van der Waals surface area contributed by atoms with Crippen LogP contribution in [0.1, 0.15) is 11.1 Å². The molecule has 2 heterocycles. The van der Waals surface area contributed by atoms with Gasteiger partial charge in [0.25, 0.3) is 5.56 Å². The van der Waals surface area contributed by atoms with E-state index in [9.17, 15) is 19.2 Å². The summed E-state index contributed by atoms with van der Waals surface area (Å²) in [5.74, 6) is -0.492. The Kier molecular flexibility index (Phi) is 4.51. The fourth-order valence-electron chi connectivity index (χ4n) is 2.73. The number of rotatable bonds is 3. The van der Waals surface area contributed by atoms with Crippen molar-refractivity contribution in [1.82, 2.24) is 14.9 Å². The first kappa shape index (κ1) is 16.7. The number of H-pyrrole nitrogens is 2. The number of nitrogens with one attached hydrogen (secondary N) is 2. The van der Waals surface area contributed by atoms with Gasteiger partial charge in [-0.25, -0.2) is 4.79 Å². The number of carbonyl (C=O) groups excluding carboxylic acids is 2. The summed E-state index contributed by atoms with van der Waals surface area (Å²) in [5.41, 5.74) is 0.860. The van der Waals surface area contributed by atoms with E-state index in [1.807, 2.05) is 31.2 Å². The topological polar surface area (TPSA) is 106 Å². The third kappa shape index (κ3) is 3.68. The van der Waals surface area contributed by atoms with E-state index in [0.29, 0.717) is 13.1 Å². The quantitative estimate of drug-likeness (QED) is 0.805. The predicted molar refractivity (Wildman–Crippen MR) is 91.5 cm³/mol. The minimum absolute atomic E-state index is 0.0338. The van der Waals surface area contributed by atoms with Gasteiger partial charge in [0, 0.05) is 30.5 Å². The molecule has 25 heavy (non-hydrogen) atoms. The van der Waals surface area contributed by atoms with Crippen molar-refractivity contribution < 1.29 is 9.59 Å². The van der Waals surface area contributed by atoms with Gasteiger partial charge < -0.3 is 14.8 Å². The molecule has 1 fully saturated rings. The summed E-state index contributed by atoms with van der Waals surface area (Å²) in [4.78, 5) is 54.9. The van der Waals surface area contributed by atoms with E-state index in [4.69, 9.17) is 0 Å². The van der Waals surface area contributed by atoms with Crippen LogP contribution in [-0.2, 0) is 16.0 Å². The van der Waals surface area contributed by atoms with Gasteiger partial charge in [0.1, 0.15) is 6.54 Å². The lowest BCUT2D eigenvalue weighted by molar-refractivity contribution is -0.136. The molecule has 0 spiro atoms. The molecule has 2 amide bonds. The van der Waals surface area contributed by atoms with E-state index in [1.54, 1.807) is 4.90 Å². The summed E-state index contributed by atoms with van der Waals surface area (Å²) >= 11 is 0. The number of hydrogen-bond acceptors (Lipinski definition) is 4. The molecule has 0 bridgehead atoms. The van der Waals surface area contributed by atoms with Crippen LogP contribution in [0.3, 0.4) is 0 Å². The van der Waals surface area contributed by atoms with E-state index in [1.165, 1.54) is 11.1 Å². The van der Waals surface area contributed by atoms with Crippen molar-refractivity contribution in [2.45, 2.75) is 13.3 Å². The van der Waals surface area contributed by atoms with E-state index < -0.39 is 11.2 Å². The summed E-state index contributed by atoms with van der Waals surface area (Å²) in [5, 5.41) is 0. The highest BCUT2D eigenvalue weighted by atomic mass is 16.2. The SMILES string of the molecule is Cc1ccc(N2CCN(C(=O)Cc3c[nH]c(=O)[nH]c3=O)CC2=O)cc1. The van der Waals surface area contributed by atoms with Gasteiger partial charge in [0.2, 0.25) is 11.8 Å². The largest absolute Gasteiger partial charge is 0.331 e. The number of aromatic nitrogens is 2.